The molecule has 1 saturated heterocycles. The van der Waals surface area contributed by atoms with Crippen molar-refractivity contribution in [3.05, 3.63) is 58.8 Å². The molecular formula is C26H31N3O2. The van der Waals surface area contributed by atoms with E-state index >= 15 is 0 Å². The molecule has 0 unspecified atom stereocenters. The number of furan rings is 1. The lowest BCUT2D eigenvalue weighted by atomic mass is 10.0. The minimum Gasteiger partial charge on any atom is -0.464 e. The molecule has 1 aliphatic heterocycles. The van der Waals surface area contributed by atoms with E-state index in [0.717, 1.165) is 73.3 Å². The number of benzene rings is 2. The van der Waals surface area contributed by atoms with Gasteiger partial charge in [-0.2, -0.15) is 0 Å². The predicted molar refractivity (Wildman–Crippen MR) is 126 cm³/mol. The largest absolute Gasteiger partial charge is 0.464 e. The molecule has 5 nitrogen and oxygen atoms in total. The maximum Gasteiger partial charge on any atom is 0.228 e. The van der Waals surface area contributed by atoms with Gasteiger partial charge in [-0.25, -0.2) is 0 Å². The van der Waals surface area contributed by atoms with Gasteiger partial charge in [0.2, 0.25) is 5.91 Å². The molecule has 31 heavy (non-hydrogen) atoms. The first-order valence-corrected chi connectivity index (χ1v) is 11.5. The van der Waals surface area contributed by atoms with E-state index in [0.29, 0.717) is 6.42 Å². The van der Waals surface area contributed by atoms with Crippen LogP contribution in [0.4, 0.5) is 11.4 Å². The van der Waals surface area contributed by atoms with Crippen LogP contribution in [0.3, 0.4) is 0 Å². The van der Waals surface area contributed by atoms with Gasteiger partial charge in [0.15, 0.2) is 0 Å². The molecule has 0 bridgehead atoms. The van der Waals surface area contributed by atoms with Gasteiger partial charge >= 0.3 is 0 Å². The third-order valence-corrected chi connectivity index (χ3v) is 6.89. The molecule has 2 aromatic carbocycles. The Labute approximate surface area is 184 Å². The van der Waals surface area contributed by atoms with E-state index in [9.17, 15) is 4.79 Å². The molecule has 0 radical (unpaired) electrons. The number of anilines is 2. The zero-order valence-corrected chi connectivity index (χ0v) is 18.5. The van der Waals surface area contributed by atoms with Crippen LogP contribution >= 0.6 is 0 Å². The summed E-state index contributed by atoms with van der Waals surface area (Å²) in [4.78, 5) is 17.7. The minimum atomic E-state index is -0.00407. The SMILES string of the molecule is CCN1CCN(c2ccc(NC(=O)Cc3coc4cc5c(cc34)CCC5)c(C)c2)CC1. The van der Waals surface area contributed by atoms with E-state index < -0.39 is 0 Å². The third-order valence-electron chi connectivity index (χ3n) is 6.89. The zero-order valence-electron chi connectivity index (χ0n) is 18.5. The lowest BCUT2D eigenvalue weighted by Gasteiger charge is -2.35. The number of amides is 1. The standard InChI is InChI=1S/C26H31N3O2/c1-3-28-9-11-29(12-10-28)22-7-8-24(18(2)13-22)27-26(30)16-21-17-31-25-15-20-6-4-5-19(20)14-23(21)25/h7-8,13-15,17H,3-6,9-12,16H2,1-2H3,(H,27,30). The van der Waals surface area contributed by atoms with Crippen molar-refractivity contribution < 1.29 is 9.21 Å². The number of aryl methyl sites for hydroxylation is 3. The highest BCUT2D eigenvalue weighted by Crippen LogP contribution is 2.31. The van der Waals surface area contributed by atoms with Crippen molar-refractivity contribution in [2.45, 2.75) is 39.5 Å². The van der Waals surface area contributed by atoms with Crippen molar-refractivity contribution in [2.75, 3.05) is 42.9 Å². The number of carbonyl (C=O) groups is 1. The summed E-state index contributed by atoms with van der Waals surface area (Å²) in [5.74, 6) is -0.00407. The quantitative estimate of drug-likeness (QED) is 0.662. The highest BCUT2D eigenvalue weighted by molar-refractivity contribution is 5.96. The van der Waals surface area contributed by atoms with Crippen LogP contribution in [0, 0.1) is 6.92 Å². The average Bonchev–Trinajstić information content (AvgIpc) is 3.40. The first-order chi connectivity index (χ1) is 15.1. The van der Waals surface area contributed by atoms with Crippen molar-refractivity contribution in [1.29, 1.82) is 0 Å². The summed E-state index contributed by atoms with van der Waals surface area (Å²) >= 11 is 0. The lowest BCUT2D eigenvalue weighted by Crippen LogP contribution is -2.46. The van der Waals surface area contributed by atoms with Crippen molar-refractivity contribution in [1.82, 2.24) is 4.90 Å². The molecule has 1 aromatic heterocycles. The number of fused-ring (bicyclic) bond motifs is 2. The maximum atomic E-state index is 12.8. The molecule has 0 atom stereocenters. The van der Waals surface area contributed by atoms with Crippen LogP contribution in [0.5, 0.6) is 0 Å². The van der Waals surface area contributed by atoms with Crippen LogP contribution in [-0.4, -0.2) is 43.5 Å². The van der Waals surface area contributed by atoms with Gasteiger partial charge in [0.1, 0.15) is 5.58 Å². The van der Waals surface area contributed by atoms with Crippen LogP contribution in [0.2, 0.25) is 0 Å². The number of hydrogen-bond acceptors (Lipinski definition) is 4. The molecule has 1 amide bonds. The van der Waals surface area contributed by atoms with Crippen molar-refractivity contribution in [3.8, 4) is 0 Å². The third kappa shape index (κ3) is 4.07. The summed E-state index contributed by atoms with van der Waals surface area (Å²) in [6.45, 7) is 9.72. The Balaban J connectivity index is 1.26. The van der Waals surface area contributed by atoms with Gasteiger partial charge in [0.25, 0.3) is 0 Å². The summed E-state index contributed by atoms with van der Waals surface area (Å²) in [6.07, 6.45) is 5.53. The molecule has 1 aliphatic carbocycles. The molecule has 5 rings (SSSR count). The van der Waals surface area contributed by atoms with Gasteiger partial charge < -0.3 is 19.5 Å². The molecular weight excluding hydrogens is 386 g/mol. The summed E-state index contributed by atoms with van der Waals surface area (Å²) in [5.41, 5.74) is 7.87. The fraction of sp³-hybridized carbons (Fsp3) is 0.423. The number of carbonyl (C=O) groups excluding carboxylic acids is 1. The number of piperazine rings is 1. The Hall–Kier alpha value is -2.79. The van der Waals surface area contributed by atoms with Crippen LogP contribution < -0.4 is 10.2 Å². The summed E-state index contributed by atoms with van der Waals surface area (Å²) in [5, 5.41) is 4.18. The van der Waals surface area contributed by atoms with E-state index in [2.05, 4.69) is 53.2 Å². The van der Waals surface area contributed by atoms with Crippen molar-refractivity contribution >= 4 is 28.3 Å². The van der Waals surface area contributed by atoms with E-state index in [1.807, 2.05) is 6.07 Å². The van der Waals surface area contributed by atoms with Gasteiger partial charge in [-0.15, -0.1) is 0 Å². The Morgan fingerprint density at radius 3 is 2.58 bits per heavy atom. The summed E-state index contributed by atoms with van der Waals surface area (Å²) < 4.78 is 5.76. The Kier molecular flexibility index (Phi) is 5.45. The fourth-order valence-corrected chi connectivity index (χ4v) is 4.96. The highest BCUT2D eigenvalue weighted by atomic mass is 16.3. The molecule has 1 fully saturated rings. The number of rotatable bonds is 5. The molecule has 0 saturated carbocycles. The maximum absolute atomic E-state index is 12.8. The molecule has 162 valence electrons. The monoisotopic (exact) mass is 417 g/mol. The van der Waals surface area contributed by atoms with Crippen LogP contribution in [0.15, 0.2) is 41.0 Å². The molecule has 2 heterocycles. The molecule has 0 spiro atoms. The Morgan fingerprint density at radius 1 is 1.06 bits per heavy atom. The molecule has 2 aliphatic rings. The number of nitrogens with zero attached hydrogens (tertiary/aromatic N) is 2. The van der Waals surface area contributed by atoms with Crippen LogP contribution in [0.1, 0.15) is 35.6 Å². The van der Waals surface area contributed by atoms with E-state index in [1.54, 1.807) is 6.26 Å². The second kappa shape index (κ2) is 8.39. The van der Waals surface area contributed by atoms with Gasteiger partial charge in [-0.05, 0) is 79.8 Å². The topological polar surface area (TPSA) is 48.7 Å². The number of nitrogens with one attached hydrogen (secondary N) is 1. The van der Waals surface area contributed by atoms with Gasteiger partial charge in [0, 0.05) is 48.5 Å². The van der Waals surface area contributed by atoms with E-state index in [4.69, 9.17) is 4.42 Å². The number of likely N-dealkylation sites (N-methyl/N-ethyl adjacent to an activating group) is 1. The first-order valence-electron chi connectivity index (χ1n) is 11.5. The lowest BCUT2D eigenvalue weighted by molar-refractivity contribution is -0.115. The molecule has 5 heteroatoms. The normalized spacial score (nSPS) is 16.6. The van der Waals surface area contributed by atoms with Gasteiger partial charge in [0.05, 0.1) is 12.7 Å². The first kappa shape index (κ1) is 20.1. The number of hydrogen-bond donors (Lipinski definition) is 1. The van der Waals surface area contributed by atoms with E-state index in [-0.39, 0.29) is 5.91 Å². The molecule has 3 aromatic rings. The Bertz CT molecular complexity index is 1110. The van der Waals surface area contributed by atoms with Crippen LogP contribution in [0.25, 0.3) is 11.0 Å². The molecule has 1 N–H and O–H groups in total. The van der Waals surface area contributed by atoms with Gasteiger partial charge in [-0.1, -0.05) is 6.92 Å². The zero-order chi connectivity index (χ0) is 21.4. The van der Waals surface area contributed by atoms with E-state index in [1.165, 1.54) is 23.2 Å². The second-order valence-electron chi connectivity index (χ2n) is 8.88. The average molecular weight is 418 g/mol. The summed E-state index contributed by atoms with van der Waals surface area (Å²) in [7, 11) is 0. The summed E-state index contributed by atoms with van der Waals surface area (Å²) in [6, 6.07) is 10.7. The van der Waals surface area contributed by atoms with Crippen molar-refractivity contribution in [3.63, 3.8) is 0 Å². The van der Waals surface area contributed by atoms with Gasteiger partial charge in [-0.3, -0.25) is 4.79 Å². The van der Waals surface area contributed by atoms with Crippen LogP contribution in [-0.2, 0) is 24.1 Å². The second-order valence-corrected chi connectivity index (χ2v) is 8.88. The Morgan fingerprint density at radius 2 is 1.84 bits per heavy atom. The highest BCUT2D eigenvalue weighted by Gasteiger charge is 2.18. The van der Waals surface area contributed by atoms with Crippen molar-refractivity contribution in [2.24, 2.45) is 0 Å². The fourth-order valence-electron chi connectivity index (χ4n) is 4.96. The minimum absolute atomic E-state index is 0.00407. The predicted octanol–water partition coefficient (Wildman–Crippen LogP) is 4.55. The smallest absolute Gasteiger partial charge is 0.228 e.